The van der Waals surface area contributed by atoms with Crippen molar-refractivity contribution in [2.45, 2.75) is 44.9 Å². The maximum atomic E-state index is 10.6. The van der Waals surface area contributed by atoms with Gasteiger partial charge in [-0.05, 0) is 55.5 Å². The third kappa shape index (κ3) is 3.88. The minimum atomic E-state index is -0.104. The van der Waals surface area contributed by atoms with Crippen molar-refractivity contribution < 1.29 is 9.84 Å². The van der Waals surface area contributed by atoms with Gasteiger partial charge < -0.3 is 15.6 Å². The number of nitrogens with zero attached hydrogens (tertiary/aromatic N) is 1. The number of aryl methyl sites for hydroxylation is 1. The van der Waals surface area contributed by atoms with Crippen molar-refractivity contribution in [1.29, 1.82) is 0 Å². The summed E-state index contributed by atoms with van der Waals surface area (Å²) in [5.74, 6) is 0.958. The van der Waals surface area contributed by atoms with Crippen LogP contribution in [0.25, 0.3) is 0 Å². The molecule has 27 heavy (non-hydrogen) atoms. The maximum Gasteiger partial charge on any atom is 0.122 e. The number of likely N-dealkylation sites (tertiary alicyclic amines) is 1. The van der Waals surface area contributed by atoms with Gasteiger partial charge in [-0.25, -0.2) is 0 Å². The Hall–Kier alpha value is -1.88. The molecule has 1 fully saturated rings. The van der Waals surface area contributed by atoms with Crippen LogP contribution < -0.4 is 5.73 Å². The number of nitrogens with two attached hydrogens (primary N) is 1. The summed E-state index contributed by atoms with van der Waals surface area (Å²) in [6.07, 6.45) is 3.11. The van der Waals surface area contributed by atoms with Gasteiger partial charge in [-0.3, -0.25) is 4.90 Å². The van der Waals surface area contributed by atoms with Crippen LogP contribution in [-0.2, 0) is 17.7 Å². The summed E-state index contributed by atoms with van der Waals surface area (Å²) in [5.41, 5.74) is 10.4. The van der Waals surface area contributed by atoms with Gasteiger partial charge in [0, 0.05) is 25.1 Å². The lowest BCUT2D eigenvalue weighted by Gasteiger charge is -2.40. The lowest BCUT2D eigenvalue weighted by molar-refractivity contribution is -0.0651. The van der Waals surface area contributed by atoms with E-state index < -0.39 is 0 Å². The standard InChI is InChI=1S/C23H30N2O2/c1-16-7-8-19-20(23(16)26)13-21(27-22(19)14-24)18-9-11-25(12-10-18)15-17-5-3-2-4-6-17/h2-8,18,21-22,26H,9-15,24H2,1H3. The van der Waals surface area contributed by atoms with E-state index in [1.54, 1.807) is 0 Å². The highest BCUT2D eigenvalue weighted by Crippen LogP contribution is 2.40. The Labute approximate surface area is 161 Å². The first-order valence-electron chi connectivity index (χ1n) is 10.1. The quantitative estimate of drug-likeness (QED) is 0.869. The fourth-order valence-corrected chi connectivity index (χ4v) is 4.60. The predicted octanol–water partition coefficient (Wildman–Crippen LogP) is 3.55. The first kappa shape index (κ1) is 18.5. The maximum absolute atomic E-state index is 10.6. The van der Waals surface area contributed by atoms with E-state index >= 15 is 0 Å². The lowest BCUT2D eigenvalue weighted by atomic mass is 9.83. The van der Waals surface area contributed by atoms with E-state index in [-0.39, 0.29) is 12.2 Å². The fraction of sp³-hybridized carbons (Fsp3) is 0.478. The molecular weight excluding hydrogens is 336 g/mol. The predicted molar refractivity (Wildman–Crippen MR) is 108 cm³/mol. The van der Waals surface area contributed by atoms with Crippen LogP contribution in [0.5, 0.6) is 5.75 Å². The molecule has 0 radical (unpaired) electrons. The average Bonchev–Trinajstić information content (AvgIpc) is 2.71. The van der Waals surface area contributed by atoms with Gasteiger partial charge in [-0.1, -0.05) is 42.5 Å². The zero-order chi connectivity index (χ0) is 18.8. The average molecular weight is 367 g/mol. The van der Waals surface area contributed by atoms with Gasteiger partial charge in [0.25, 0.3) is 0 Å². The molecule has 0 aromatic heterocycles. The van der Waals surface area contributed by atoms with E-state index in [1.807, 2.05) is 13.0 Å². The number of phenolic OH excluding ortho intramolecular Hbond substituents is 1. The number of piperidine rings is 1. The number of rotatable bonds is 4. The highest BCUT2D eigenvalue weighted by molar-refractivity contribution is 5.47. The number of phenols is 1. The molecule has 2 aliphatic heterocycles. The molecule has 2 aromatic carbocycles. The van der Waals surface area contributed by atoms with Crippen molar-refractivity contribution in [3.8, 4) is 5.75 Å². The smallest absolute Gasteiger partial charge is 0.122 e. The Bertz CT molecular complexity index is 769. The summed E-state index contributed by atoms with van der Waals surface area (Å²) in [4.78, 5) is 2.53. The monoisotopic (exact) mass is 366 g/mol. The molecule has 0 bridgehead atoms. The Balaban J connectivity index is 1.42. The minimum absolute atomic E-state index is 0.104. The van der Waals surface area contributed by atoms with E-state index in [0.717, 1.165) is 55.6 Å². The Morgan fingerprint density at radius 2 is 1.85 bits per heavy atom. The third-order valence-electron chi connectivity index (χ3n) is 6.23. The van der Waals surface area contributed by atoms with Gasteiger partial charge in [-0.15, -0.1) is 0 Å². The molecule has 1 saturated heterocycles. The second-order valence-electron chi connectivity index (χ2n) is 8.00. The van der Waals surface area contributed by atoms with Crippen molar-refractivity contribution in [1.82, 2.24) is 4.90 Å². The fourth-order valence-electron chi connectivity index (χ4n) is 4.60. The van der Waals surface area contributed by atoms with Crippen molar-refractivity contribution in [2.24, 2.45) is 11.7 Å². The van der Waals surface area contributed by atoms with Crippen LogP contribution in [0.3, 0.4) is 0 Å². The van der Waals surface area contributed by atoms with Crippen molar-refractivity contribution >= 4 is 0 Å². The topological polar surface area (TPSA) is 58.7 Å². The highest BCUT2D eigenvalue weighted by Gasteiger charge is 2.35. The molecule has 2 heterocycles. The van der Waals surface area contributed by atoms with Crippen molar-refractivity contribution in [2.75, 3.05) is 19.6 Å². The summed E-state index contributed by atoms with van der Waals surface area (Å²) in [7, 11) is 0. The van der Waals surface area contributed by atoms with Crippen LogP contribution in [0.4, 0.5) is 0 Å². The molecule has 2 atom stereocenters. The van der Waals surface area contributed by atoms with Gasteiger partial charge in [0.15, 0.2) is 0 Å². The summed E-state index contributed by atoms with van der Waals surface area (Å²) in [5, 5.41) is 10.6. The van der Waals surface area contributed by atoms with Gasteiger partial charge in [0.2, 0.25) is 0 Å². The number of aromatic hydroxyl groups is 1. The first-order valence-corrected chi connectivity index (χ1v) is 10.1. The molecule has 0 amide bonds. The van der Waals surface area contributed by atoms with E-state index in [2.05, 4.69) is 41.3 Å². The number of hydrogen-bond donors (Lipinski definition) is 2. The second kappa shape index (κ2) is 8.01. The minimum Gasteiger partial charge on any atom is -0.507 e. The number of fused-ring (bicyclic) bond motifs is 1. The van der Waals surface area contributed by atoms with Gasteiger partial charge in [0.05, 0.1) is 12.2 Å². The molecule has 0 saturated carbocycles. The van der Waals surface area contributed by atoms with E-state index in [4.69, 9.17) is 10.5 Å². The van der Waals surface area contributed by atoms with E-state index in [9.17, 15) is 5.11 Å². The molecular formula is C23H30N2O2. The molecule has 3 N–H and O–H groups in total. The second-order valence-corrected chi connectivity index (χ2v) is 8.00. The Morgan fingerprint density at radius 1 is 1.11 bits per heavy atom. The van der Waals surface area contributed by atoms with Crippen LogP contribution in [-0.4, -0.2) is 35.7 Å². The van der Waals surface area contributed by atoms with Crippen molar-refractivity contribution in [3.05, 3.63) is 64.7 Å². The van der Waals surface area contributed by atoms with Crippen LogP contribution in [0.15, 0.2) is 42.5 Å². The molecule has 0 aliphatic carbocycles. The number of ether oxygens (including phenoxy) is 1. The van der Waals surface area contributed by atoms with Crippen LogP contribution >= 0.6 is 0 Å². The number of benzene rings is 2. The van der Waals surface area contributed by atoms with E-state index in [0.29, 0.717) is 18.2 Å². The summed E-state index contributed by atoms with van der Waals surface area (Å²) >= 11 is 0. The molecule has 2 aliphatic rings. The molecule has 4 nitrogen and oxygen atoms in total. The molecule has 4 rings (SSSR count). The van der Waals surface area contributed by atoms with E-state index in [1.165, 1.54) is 5.56 Å². The largest absolute Gasteiger partial charge is 0.507 e. The van der Waals surface area contributed by atoms with Gasteiger partial charge in [-0.2, -0.15) is 0 Å². The number of hydrogen-bond acceptors (Lipinski definition) is 4. The summed E-state index contributed by atoms with van der Waals surface area (Å²) < 4.78 is 6.40. The summed E-state index contributed by atoms with van der Waals surface area (Å²) in [6, 6.07) is 14.7. The zero-order valence-corrected chi connectivity index (χ0v) is 16.1. The molecule has 2 unspecified atom stereocenters. The van der Waals surface area contributed by atoms with Gasteiger partial charge >= 0.3 is 0 Å². The lowest BCUT2D eigenvalue weighted by Crippen LogP contribution is -2.41. The molecule has 4 heteroatoms. The molecule has 2 aromatic rings. The normalized spacial score (nSPS) is 23.9. The Morgan fingerprint density at radius 3 is 2.56 bits per heavy atom. The SMILES string of the molecule is Cc1ccc2c(c1O)CC(C1CCN(Cc3ccccc3)CC1)OC2CN. The Kier molecular flexibility index (Phi) is 5.48. The van der Waals surface area contributed by atoms with Crippen LogP contribution in [0, 0.1) is 12.8 Å². The first-order chi connectivity index (χ1) is 13.2. The molecule has 0 spiro atoms. The summed E-state index contributed by atoms with van der Waals surface area (Å²) in [6.45, 7) is 5.63. The van der Waals surface area contributed by atoms with Crippen LogP contribution in [0.1, 0.15) is 41.2 Å². The van der Waals surface area contributed by atoms with Gasteiger partial charge in [0.1, 0.15) is 5.75 Å². The van der Waals surface area contributed by atoms with Crippen molar-refractivity contribution in [3.63, 3.8) is 0 Å². The molecule has 144 valence electrons. The zero-order valence-electron chi connectivity index (χ0n) is 16.1. The highest BCUT2D eigenvalue weighted by atomic mass is 16.5. The van der Waals surface area contributed by atoms with Crippen LogP contribution in [0.2, 0.25) is 0 Å². The third-order valence-corrected chi connectivity index (χ3v) is 6.23.